The summed E-state index contributed by atoms with van der Waals surface area (Å²) in [5.74, 6) is -0.997. The molecule has 0 fully saturated rings. The van der Waals surface area contributed by atoms with Gasteiger partial charge in [0, 0.05) is 18.6 Å². The maximum absolute atomic E-state index is 13.7. The highest BCUT2D eigenvalue weighted by molar-refractivity contribution is 6.30. The predicted octanol–water partition coefficient (Wildman–Crippen LogP) is 3.98. The number of hydrogen-bond acceptors (Lipinski definition) is 5. The summed E-state index contributed by atoms with van der Waals surface area (Å²) in [5, 5.41) is 9.02. The fourth-order valence-electron chi connectivity index (χ4n) is 4.96. The van der Waals surface area contributed by atoms with E-state index in [-0.39, 0.29) is 42.4 Å². The fraction of sp³-hybridized carbons (Fsp3) is 0.500. The number of halogens is 1. The Morgan fingerprint density at radius 2 is 1.67 bits per heavy atom. The van der Waals surface area contributed by atoms with E-state index in [4.69, 9.17) is 16.3 Å². The lowest BCUT2D eigenvalue weighted by Crippen LogP contribution is -2.54. The molecule has 9 nitrogen and oxygen atoms in total. The van der Waals surface area contributed by atoms with Gasteiger partial charge in [-0.3, -0.25) is 19.2 Å². The molecule has 2 aromatic rings. The van der Waals surface area contributed by atoms with Crippen LogP contribution in [0.4, 0.5) is 0 Å². The Hall–Kier alpha value is -3.59. The third-order valence-corrected chi connectivity index (χ3v) is 7.43. The summed E-state index contributed by atoms with van der Waals surface area (Å²) in [4.78, 5) is 55.3. The summed E-state index contributed by atoms with van der Waals surface area (Å²) < 4.78 is 6.14. The molecule has 1 aliphatic heterocycles. The van der Waals surface area contributed by atoms with Crippen molar-refractivity contribution in [2.45, 2.75) is 71.5 Å². The molecule has 10 heteroatoms. The third kappa shape index (κ3) is 9.76. The molecular formula is C32H43ClN4O5. The van der Waals surface area contributed by atoms with E-state index in [0.29, 0.717) is 36.6 Å². The Labute approximate surface area is 253 Å². The van der Waals surface area contributed by atoms with Crippen molar-refractivity contribution in [3.8, 4) is 5.75 Å². The summed E-state index contributed by atoms with van der Waals surface area (Å²) in [6.45, 7) is 8.56. The van der Waals surface area contributed by atoms with E-state index in [1.165, 1.54) is 0 Å². The van der Waals surface area contributed by atoms with Crippen LogP contribution in [0.15, 0.2) is 48.5 Å². The van der Waals surface area contributed by atoms with E-state index in [0.717, 1.165) is 5.56 Å². The topological polar surface area (TPSA) is 117 Å². The van der Waals surface area contributed by atoms with Crippen molar-refractivity contribution in [2.75, 3.05) is 20.2 Å². The molecule has 0 saturated heterocycles. The van der Waals surface area contributed by atoms with Crippen molar-refractivity contribution in [3.63, 3.8) is 0 Å². The number of carbonyl (C=O) groups is 4. The van der Waals surface area contributed by atoms with E-state index in [9.17, 15) is 19.2 Å². The molecule has 1 aliphatic rings. The molecule has 0 radical (unpaired) electrons. The highest BCUT2D eigenvalue weighted by atomic mass is 35.5. The van der Waals surface area contributed by atoms with Gasteiger partial charge in [-0.1, -0.05) is 63.6 Å². The van der Waals surface area contributed by atoms with Crippen LogP contribution in [0, 0.1) is 11.8 Å². The number of nitrogens with one attached hydrogen (secondary N) is 3. The highest BCUT2D eigenvalue weighted by Gasteiger charge is 2.32. The number of ether oxygens (including phenoxy) is 1. The minimum atomic E-state index is -1.17. The number of para-hydroxylation sites is 1. The van der Waals surface area contributed by atoms with E-state index in [2.05, 4.69) is 29.8 Å². The van der Waals surface area contributed by atoms with Gasteiger partial charge in [0.25, 0.3) is 5.91 Å². The van der Waals surface area contributed by atoms with Gasteiger partial charge in [0.2, 0.25) is 17.7 Å². The van der Waals surface area contributed by atoms with Gasteiger partial charge >= 0.3 is 0 Å². The van der Waals surface area contributed by atoms with Crippen molar-refractivity contribution < 1.29 is 23.9 Å². The smallest absolute Gasteiger partial charge is 0.255 e. The van der Waals surface area contributed by atoms with Gasteiger partial charge in [0.05, 0.1) is 18.0 Å². The second-order valence-corrected chi connectivity index (χ2v) is 12.1. The van der Waals surface area contributed by atoms with Gasteiger partial charge < -0.3 is 25.6 Å². The molecule has 3 atom stereocenters. The standard InChI is InChI=1S/C32H43ClN4O5/c1-20(2)16-24-19-42-28-9-7-6-8-25(28)30(39)36-26(31(40)34-15-14-22-10-12-23(33)13-11-22)18-29(38)35-27(17-21(3)4)32(41)37(24)5/h6-13,20-21,24,26-27H,14-19H2,1-5H3,(H,34,40)(H,35,38)(H,36,39)/t24-,26-,27+/m0/s1. The first-order chi connectivity index (χ1) is 19.9. The number of amides is 4. The van der Waals surface area contributed by atoms with E-state index >= 15 is 0 Å². The van der Waals surface area contributed by atoms with Crippen LogP contribution in [0.3, 0.4) is 0 Å². The monoisotopic (exact) mass is 598 g/mol. The minimum Gasteiger partial charge on any atom is -0.491 e. The van der Waals surface area contributed by atoms with E-state index < -0.39 is 29.8 Å². The van der Waals surface area contributed by atoms with Crippen LogP contribution in [-0.2, 0) is 20.8 Å². The summed E-state index contributed by atoms with van der Waals surface area (Å²) in [7, 11) is 1.72. The number of rotatable bonds is 8. The van der Waals surface area contributed by atoms with Crippen LogP contribution >= 0.6 is 11.6 Å². The van der Waals surface area contributed by atoms with Gasteiger partial charge in [-0.25, -0.2) is 0 Å². The van der Waals surface area contributed by atoms with Crippen LogP contribution in [0.5, 0.6) is 5.75 Å². The largest absolute Gasteiger partial charge is 0.491 e. The maximum Gasteiger partial charge on any atom is 0.255 e. The summed E-state index contributed by atoms with van der Waals surface area (Å²) in [6.07, 6.45) is 1.32. The number of hydrogen-bond donors (Lipinski definition) is 3. The quantitative estimate of drug-likeness (QED) is 0.425. The molecule has 0 aromatic heterocycles. The third-order valence-electron chi connectivity index (χ3n) is 7.18. The first-order valence-electron chi connectivity index (χ1n) is 14.6. The Balaban J connectivity index is 1.88. The average molecular weight is 599 g/mol. The molecule has 2 aromatic carbocycles. The van der Waals surface area contributed by atoms with Gasteiger partial charge in [-0.2, -0.15) is 0 Å². The van der Waals surface area contributed by atoms with Gasteiger partial charge in [0.15, 0.2) is 0 Å². The number of likely N-dealkylation sites (N-methyl/N-ethyl adjacent to an activating group) is 1. The van der Waals surface area contributed by atoms with Gasteiger partial charge in [-0.15, -0.1) is 0 Å². The first kappa shape index (κ1) is 32.9. The van der Waals surface area contributed by atoms with Crippen LogP contribution < -0.4 is 20.7 Å². The lowest BCUT2D eigenvalue weighted by Gasteiger charge is -2.33. The Morgan fingerprint density at radius 1 is 1.00 bits per heavy atom. The molecule has 0 spiro atoms. The number of benzene rings is 2. The predicted molar refractivity (Wildman–Crippen MR) is 163 cm³/mol. The Bertz CT molecular complexity index is 1230. The van der Waals surface area contributed by atoms with Crippen molar-refractivity contribution in [2.24, 2.45) is 11.8 Å². The van der Waals surface area contributed by atoms with Crippen LogP contribution in [-0.4, -0.2) is 66.9 Å². The van der Waals surface area contributed by atoms with Crippen LogP contribution in [0.2, 0.25) is 5.02 Å². The molecule has 1 heterocycles. The second kappa shape index (κ2) is 15.6. The zero-order valence-corrected chi connectivity index (χ0v) is 25.9. The zero-order chi connectivity index (χ0) is 30.8. The Morgan fingerprint density at radius 3 is 2.33 bits per heavy atom. The zero-order valence-electron chi connectivity index (χ0n) is 25.1. The minimum absolute atomic E-state index is 0.130. The lowest BCUT2D eigenvalue weighted by atomic mass is 9.99. The molecule has 0 bridgehead atoms. The number of carbonyl (C=O) groups excluding carboxylic acids is 4. The van der Waals surface area contributed by atoms with E-state index in [1.54, 1.807) is 48.3 Å². The summed E-state index contributed by atoms with van der Waals surface area (Å²) >= 11 is 5.96. The molecule has 228 valence electrons. The molecule has 0 saturated carbocycles. The van der Waals surface area contributed by atoms with Gasteiger partial charge in [0.1, 0.15) is 24.4 Å². The van der Waals surface area contributed by atoms with Crippen LogP contribution in [0.25, 0.3) is 0 Å². The number of nitrogens with zero attached hydrogens (tertiary/aromatic N) is 1. The molecular weight excluding hydrogens is 556 g/mol. The SMILES string of the molecule is CC(C)C[C@H]1COc2ccccc2C(=O)N[C@H](C(=O)NCCc2ccc(Cl)cc2)CC(=O)N[C@H](CC(C)C)C(=O)N1C. The van der Waals surface area contributed by atoms with Crippen molar-refractivity contribution >= 4 is 35.2 Å². The molecule has 4 amide bonds. The van der Waals surface area contributed by atoms with Crippen molar-refractivity contribution in [1.29, 1.82) is 0 Å². The Kier molecular flexibility index (Phi) is 12.2. The summed E-state index contributed by atoms with van der Waals surface area (Å²) in [6, 6.07) is 11.8. The van der Waals surface area contributed by atoms with Crippen molar-refractivity contribution in [1.82, 2.24) is 20.9 Å². The molecule has 0 aliphatic carbocycles. The molecule has 3 rings (SSSR count). The van der Waals surface area contributed by atoms with Crippen molar-refractivity contribution in [3.05, 3.63) is 64.7 Å². The molecule has 3 N–H and O–H groups in total. The second-order valence-electron chi connectivity index (χ2n) is 11.7. The normalized spacial score (nSPS) is 20.3. The fourth-order valence-corrected chi connectivity index (χ4v) is 5.08. The first-order valence-corrected chi connectivity index (χ1v) is 14.9. The molecule has 42 heavy (non-hydrogen) atoms. The van der Waals surface area contributed by atoms with Gasteiger partial charge in [-0.05, 0) is 60.9 Å². The average Bonchev–Trinajstić information content (AvgIpc) is 2.94. The van der Waals surface area contributed by atoms with E-state index in [1.807, 2.05) is 26.0 Å². The maximum atomic E-state index is 13.7. The lowest BCUT2D eigenvalue weighted by molar-refractivity contribution is -0.138. The number of fused-ring (bicyclic) bond motifs is 1. The molecule has 0 unspecified atom stereocenters. The highest BCUT2D eigenvalue weighted by Crippen LogP contribution is 2.22. The summed E-state index contributed by atoms with van der Waals surface area (Å²) in [5.41, 5.74) is 1.22. The van der Waals surface area contributed by atoms with Crippen LogP contribution in [0.1, 0.15) is 62.9 Å².